The summed E-state index contributed by atoms with van der Waals surface area (Å²) in [6, 6.07) is 16.2. The van der Waals surface area contributed by atoms with Crippen molar-refractivity contribution in [1.82, 2.24) is 20.2 Å². The highest BCUT2D eigenvalue weighted by Gasteiger charge is 2.10. The highest BCUT2D eigenvalue weighted by Crippen LogP contribution is 2.13. The van der Waals surface area contributed by atoms with Gasteiger partial charge in [-0.25, -0.2) is 0 Å². The van der Waals surface area contributed by atoms with Crippen molar-refractivity contribution in [3.63, 3.8) is 0 Å². The Morgan fingerprint density at radius 1 is 1.08 bits per heavy atom. The first kappa shape index (κ1) is 15.5. The number of aromatic nitrogens is 4. The average Bonchev–Trinajstić information content (AvgIpc) is 3.04. The Morgan fingerprint density at radius 2 is 1.88 bits per heavy atom. The van der Waals surface area contributed by atoms with Gasteiger partial charge in [0.1, 0.15) is 6.54 Å². The molecule has 0 saturated carbocycles. The molecule has 2 aromatic carbocycles. The van der Waals surface area contributed by atoms with Crippen molar-refractivity contribution in [2.24, 2.45) is 0 Å². The zero-order valence-electron chi connectivity index (χ0n) is 13.0. The summed E-state index contributed by atoms with van der Waals surface area (Å²) < 4.78 is 0. The number of Topliss-reactive ketones (excluding diaryl/α,β-unsaturated/α-hetero) is 1. The molecule has 120 valence electrons. The number of amides is 1. The van der Waals surface area contributed by atoms with E-state index in [1.54, 1.807) is 24.3 Å². The number of carbonyl (C=O) groups is 2. The molecule has 3 rings (SSSR count). The molecule has 24 heavy (non-hydrogen) atoms. The van der Waals surface area contributed by atoms with Crippen molar-refractivity contribution < 1.29 is 9.59 Å². The average molecular weight is 321 g/mol. The molecule has 3 aromatic rings. The molecule has 1 N–H and O–H groups in total. The molecule has 7 heteroatoms. The van der Waals surface area contributed by atoms with Crippen LogP contribution in [-0.4, -0.2) is 31.9 Å². The zero-order valence-corrected chi connectivity index (χ0v) is 13.0. The van der Waals surface area contributed by atoms with Gasteiger partial charge in [-0.2, -0.15) is 4.80 Å². The third-order valence-corrected chi connectivity index (χ3v) is 3.32. The number of ketones is 1. The topological polar surface area (TPSA) is 89.8 Å². The van der Waals surface area contributed by atoms with Crippen LogP contribution in [0.4, 0.5) is 5.69 Å². The number of benzene rings is 2. The van der Waals surface area contributed by atoms with Crippen molar-refractivity contribution in [2.75, 3.05) is 5.32 Å². The molecule has 0 saturated heterocycles. The first-order chi connectivity index (χ1) is 11.6. The second-order valence-corrected chi connectivity index (χ2v) is 5.19. The quantitative estimate of drug-likeness (QED) is 0.727. The van der Waals surface area contributed by atoms with Gasteiger partial charge in [0.25, 0.3) is 0 Å². The van der Waals surface area contributed by atoms with Crippen molar-refractivity contribution in [3.05, 3.63) is 60.2 Å². The minimum absolute atomic E-state index is 0.0588. The summed E-state index contributed by atoms with van der Waals surface area (Å²) in [4.78, 5) is 24.7. The first-order valence-electron chi connectivity index (χ1n) is 7.36. The molecule has 1 heterocycles. The van der Waals surface area contributed by atoms with Crippen LogP contribution in [0, 0.1) is 0 Å². The fourth-order valence-electron chi connectivity index (χ4n) is 2.16. The smallest absolute Gasteiger partial charge is 0.248 e. The molecule has 0 aliphatic rings. The highest BCUT2D eigenvalue weighted by molar-refractivity contribution is 5.97. The molecule has 0 spiro atoms. The van der Waals surface area contributed by atoms with E-state index < -0.39 is 0 Å². The minimum Gasteiger partial charge on any atom is -0.324 e. The lowest BCUT2D eigenvalue weighted by atomic mass is 10.1. The molecule has 0 fully saturated rings. The summed E-state index contributed by atoms with van der Waals surface area (Å²) >= 11 is 0. The maximum absolute atomic E-state index is 12.1. The molecule has 1 amide bonds. The summed E-state index contributed by atoms with van der Waals surface area (Å²) in [7, 11) is 0. The van der Waals surface area contributed by atoms with Crippen LogP contribution in [0.1, 0.15) is 17.3 Å². The lowest BCUT2D eigenvalue weighted by molar-refractivity contribution is -0.117. The summed E-state index contributed by atoms with van der Waals surface area (Å²) in [6.07, 6.45) is 0. The van der Waals surface area contributed by atoms with Gasteiger partial charge in [-0.05, 0) is 24.3 Å². The fraction of sp³-hybridized carbons (Fsp3) is 0.118. The Morgan fingerprint density at radius 3 is 2.62 bits per heavy atom. The van der Waals surface area contributed by atoms with Crippen LogP contribution in [-0.2, 0) is 11.3 Å². The molecule has 0 radical (unpaired) electrons. The van der Waals surface area contributed by atoms with E-state index >= 15 is 0 Å². The van der Waals surface area contributed by atoms with Gasteiger partial charge in [-0.3, -0.25) is 9.59 Å². The number of rotatable bonds is 5. The molecule has 0 unspecified atom stereocenters. The van der Waals surface area contributed by atoms with Gasteiger partial charge in [0.15, 0.2) is 5.78 Å². The SMILES string of the molecule is CC(=O)c1cccc(NC(=O)Cn2nnc(-c3ccccc3)n2)c1. The summed E-state index contributed by atoms with van der Waals surface area (Å²) in [6.45, 7) is 1.41. The number of nitrogens with one attached hydrogen (secondary N) is 1. The van der Waals surface area contributed by atoms with Gasteiger partial charge < -0.3 is 5.32 Å². The zero-order chi connectivity index (χ0) is 16.9. The lowest BCUT2D eigenvalue weighted by Gasteiger charge is -2.05. The van der Waals surface area contributed by atoms with E-state index in [0.29, 0.717) is 17.1 Å². The largest absolute Gasteiger partial charge is 0.324 e. The van der Waals surface area contributed by atoms with Crippen molar-refractivity contribution in [1.29, 1.82) is 0 Å². The van der Waals surface area contributed by atoms with Gasteiger partial charge in [-0.15, -0.1) is 10.2 Å². The normalized spacial score (nSPS) is 10.4. The standard InChI is InChI=1S/C17H15N5O2/c1-12(23)14-8-5-9-15(10-14)18-16(24)11-22-20-17(19-21-22)13-6-3-2-4-7-13/h2-10H,11H2,1H3,(H,18,24). The number of hydrogen-bond donors (Lipinski definition) is 1. The van der Waals surface area contributed by atoms with Crippen LogP contribution in [0.3, 0.4) is 0 Å². The number of anilines is 1. The van der Waals surface area contributed by atoms with Crippen LogP contribution in [0.15, 0.2) is 54.6 Å². The van der Waals surface area contributed by atoms with Crippen molar-refractivity contribution in [3.8, 4) is 11.4 Å². The number of carbonyl (C=O) groups excluding carboxylic acids is 2. The molecule has 0 atom stereocenters. The van der Waals surface area contributed by atoms with Gasteiger partial charge >= 0.3 is 0 Å². The maximum Gasteiger partial charge on any atom is 0.248 e. The summed E-state index contributed by atoms with van der Waals surface area (Å²) in [5.74, 6) is 0.103. The molecule has 7 nitrogen and oxygen atoms in total. The highest BCUT2D eigenvalue weighted by atomic mass is 16.2. The van der Waals surface area contributed by atoms with E-state index in [1.807, 2.05) is 30.3 Å². The predicted octanol–water partition coefficient (Wildman–Crippen LogP) is 2.18. The van der Waals surface area contributed by atoms with Gasteiger partial charge in [-0.1, -0.05) is 42.5 Å². The summed E-state index contributed by atoms with van der Waals surface area (Å²) in [5, 5.41) is 14.7. The lowest BCUT2D eigenvalue weighted by Crippen LogP contribution is -2.20. The monoisotopic (exact) mass is 321 g/mol. The van der Waals surface area contributed by atoms with E-state index in [-0.39, 0.29) is 18.2 Å². The second kappa shape index (κ2) is 6.82. The van der Waals surface area contributed by atoms with E-state index in [1.165, 1.54) is 11.7 Å². The number of nitrogens with zero attached hydrogens (tertiary/aromatic N) is 4. The van der Waals surface area contributed by atoms with E-state index in [0.717, 1.165) is 5.56 Å². The van der Waals surface area contributed by atoms with Crippen LogP contribution in [0.2, 0.25) is 0 Å². The van der Waals surface area contributed by atoms with Gasteiger partial charge in [0.05, 0.1) is 0 Å². The number of hydrogen-bond acceptors (Lipinski definition) is 5. The van der Waals surface area contributed by atoms with Gasteiger partial charge in [0, 0.05) is 16.8 Å². The van der Waals surface area contributed by atoms with Gasteiger partial charge in [0.2, 0.25) is 11.7 Å². The Bertz CT molecular complexity index is 873. The second-order valence-electron chi connectivity index (χ2n) is 5.19. The maximum atomic E-state index is 12.1. The van der Waals surface area contributed by atoms with Crippen molar-refractivity contribution in [2.45, 2.75) is 13.5 Å². The number of tetrazole rings is 1. The molecular weight excluding hydrogens is 306 g/mol. The van der Waals surface area contributed by atoms with Crippen LogP contribution in [0.5, 0.6) is 0 Å². The Kier molecular flexibility index (Phi) is 4.42. The molecule has 0 bridgehead atoms. The predicted molar refractivity (Wildman–Crippen MR) is 88.3 cm³/mol. The first-order valence-corrected chi connectivity index (χ1v) is 7.36. The van der Waals surface area contributed by atoms with Crippen LogP contribution >= 0.6 is 0 Å². The van der Waals surface area contributed by atoms with E-state index in [4.69, 9.17) is 0 Å². The molecule has 0 aliphatic carbocycles. The Labute approximate surface area is 138 Å². The van der Waals surface area contributed by atoms with Crippen molar-refractivity contribution >= 4 is 17.4 Å². The Hall–Kier alpha value is -3.35. The van der Waals surface area contributed by atoms with E-state index in [9.17, 15) is 9.59 Å². The molecular formula is C17H15N5O2. The van der Waals surface area contributed by atoms with E-state index in [2.05, 4.69) is 20.7 Å². The third-order valence-electron chi connectivity index (χ3n) is 3.32. The molecule has 0 aliphatic heterocycles. The Balaban J connectivity index is 1.66. The summed E-state index contributed by atoms with van der Waals surface area (Å²) in [5.41, 5.74) is 1.92. The van der Waals surface area contributed by atoms with Crippen LogP contribution in [0.25, 0.3) is 11.4 Å². The third kappa shape index (κ3) is 3.70. The minimum atomic E-state index is -0.298. The fourth-order valence-corrected chi connectivity index (χ4v) is 2.16. The van der Waals surface area contributed by atoms with Crippen LogP contribution < -0.4 is 5.32 Å². The molecule has 1 aromatic heterocycles.